The topological polar surface area (TPSA) is 83.4 Å². The molecule has 0 spiro atoms. The standard InChI is InChI=1S/C14H13N3O3S2/c1-8(18)17(10-3-4-10)14-15-9(6-22-14)2-5-12-16-11(7-21-12)13(19)20/h2,5-7,10H,3-4H2,1H3,(H,19,20)/b5-2+. The Morgan fingerprint density at radius 1 is 1.27 bits per heavy atom. The molecule has 3 rings (SSSR count). The lowest BCUT2D eigenvalue weighted by Gasteiger charge is -2.16. The van der Waals surface area contributed by atoms with Crippen molar-refractivity contribution in [1.29, 1.82) is 0 Å². The molecule has 0 aliphatic heterocycles. The highest BCUT2D eigenvalue weighted by molar-refractivity contribution is 7.14. The molecule has 0 bridgehead atoms. The molecule has 1 saturated carbocycles. The zero-order valence-corrected chi connectivity index (χ0v) is 13.4. The Balaban J connectivity index is 1.74. The maximum atomic E-state index is 11.7. The van der Waals surface area contributed by atoms with Crippen LogP contribution in [-0.4, -0.2) is 33.0 Å². The lowest BCUT2D eigenvalue weighted by molar-refractivity contribution is -0.116. The second kappa shape index (κ2) is 5.98. The normalized spacial score (nSPS) is 14.4. The number of anilines is 1. The summed E-state index contributed by atoms with van der Waals surface area (Å²) < 4.78 is 0. The number of hydrogen-bond donors (Lipinski definition) is 1. The molecule has 0 unspecified atom stereocenters. The van der Waals surface area contributed by atoms with Crippen molar-refractivity contribution in [3.8, 4) is 0 Å². The number of carboxylic acids is 1. The first kappa shape index (κ1) is 14.9. The van der Waals surface area contributed by atoms with Crippen LogP contribution < -0.4 is 4.90 Å². The molecule has 1 fully saturated rings. The molecule has 0 aromatic carbocycles. The van der Waals surface area contributed by atoms with E-state index in [1.54, 1.807) is 24.0 Å². The van der Waals surface area contributed by atoms with E-state index in [-0.39, 0.29) is 17.6 Å². The molecular weight excluding hydrogens is 322 g/mol. The molecule has 0 saturated heterocycles. The van der Waals surface area contributed by atoms with Gasteiger partial charge in [-0.25, -0.2) is 14.8 Å². The number of carboxylic acid groups (broad SMARTS) is 1. The summed E-state index contributed by atoms with van der Waals surface area (Å²) in [5.74, 6) is -1.02. The Labute approximate surface area is 134 Å². The highest BCUT2D eigenvalue weighted by Crippen LogP contribution is 2.33. The average Bonchev–Trinajstić information content (AvgIpc) is 3.00. The molecule has 1 amide bonds. The Morgan fingerprint density at radius 3 is 2.64 bits per heavy atom. The van der Waals surface area contributed by atoms with Crippen LogP contribution in [-0.2, 0) is 4.79 Å². The predicted molar refractivity (Wildman–Crippen MR) is 86.3 cm³/mol. The third-order valence-corrected chi connectivity index (χ3v) is 4.77. The van der Waals surface area contributed by atoms with Gasteiger partial charge in [0.25, 0.3) is 0 Å². The summed E-state index contributed by atoms with van der Waals surface area (Å²) in [6.45, 7) is 1.55. The number of carbonyl (C=O) groups excluding carboxylic acids is 1. The minimum atomic E-state index is -1.03. The Bertz CT molecular complexity index is 746. The number of hydrogen-bond acceptors (Lipinski definition) is 6. The van der Waals surface area contributed by atoms with E-state index < -0.39 is 5.97 Å². The van der Waals surface area contributed by atoms with E-state index >= 15 is 0 Å². The van der Waals surface area contributed by atoms with Crippen LogP contribution in [0.25, 0.3) is 12.2 Å². The van der Waals surface area contributed by atoms with Gasteiger partial charge >= 0.3 is 5.97 Å². The van der Waals surface area contributed by atoms with Gasteiger partial charge in [-0.05, 0) is 25.0 Å². The van der Waals surface area contributed by atoms with Crippen molar-refractivity contribution in [2.75, 3.05) is 4.90 Å². The lowest BCUT2D eigenvalue weighted by Crippen LogP contribution is -2.30. The van der Waals surface area contributed by atoms with Gasteiger partial charge in [0.05, 0.1) is 5.69 Å². The highest BCUT2D eigenvalue weighted by atomic mass is 32.1. The first-order chi connectivity index (χ1) is 10.5. The Kier molecular flexibility index (Phi) is 4.04. The summed E-state index contributed by atoms with van der Waals surface area (Å²) in [4.78, 5) is 32.6. The van der Waals surface area contributed by atoms with Gasteiger partial charge in [-0.15, -0.1) is 22.7 Å². The number of rotatable bonds is 5. The van der Waals surface area contributed by atoms with Gasteiger partial charge in [0.15, 0.2) is 10.8 Å². The monoisotopic (exact) mass is 335 g/mol. The van der Waals surface area contributed by atoms with Crippen LogP contribution >= 0.6 is 22.7 Å². The van der Waals surface area contributed by atoms with Crippen LogP contribution in [0, 0.1) is 0 Å². The van der Waals surface area contributed by atoms with Crippen LogP contribution in [0.1, 0.15) is 41.0 Å². The molecule has 1 aliphatic rings. The quantitative estimate of drug-likeness (QED) is 0.908. The zero-order chi connectivity index (χ0) is 15.7. The van der Waals surface area contributed by atoms with E-state index in [0.717, 1.165) is 18.5 Å². The maximum Gasteiger partial charge on any atom is 0.355 e. The number of carbonyl (C=O) groups is 2. The molecule has 0 radical (unpaired) electrons. The minimum Gasteiger partial charge on any atom is -0.476 e. The summed E-state index contributed by atoms with van der Waals surface area (Å²) in [5, 5.41) is 13.5. The molecule has 22 heavy (non-hydrogen) atoms. The maximum absolute atomic E-state index is 11.7. The van der Waals surface area contributed by atoms with Gasteiger partial charge in [0.1, 0.15) is 5.01 Å². The molecule has 2 aromatic rings. The first-order valence-electron chi connectivity index (χ1n) is 6.67. The second-order valence-corrected chi connectivity index (χ2v) is 6.61. The molecule has 114 valence electrons. The van der Waals surface area contributed by atoms with Crippen LogP contribution in [0.5, 0.6) is 0 Å². The van der Waals surface area contributed by atoms with E-state index in [1.807, 2.05) is 5.38 Å². The Hall–Kier alpha value is -2.06. The average molecular weight is 335 g/mol. The van der Waals surface area contributed by atoms with Crippen molar-refractivity contribution in [2.24, 2.45) is 0 Å². The molecule has 6 nitrogen and oxygen atoms in total. The van der Waals surface area contributed by atoms with Gasteiger partial charge in [0.2, 0.25) is 5.91 Å². The molecular formula is C14H13N3O3S2. The van der Waals surface area contributed by atoms with Crippen LogP contribution in [0.2, 0.25) is 0 Å². The summed E-state index contributed by atoms with van der Waals surface area (Å²) in [6, 6.07) is 0.289. The van der Waals surface area contributed by atoms with E-state index in [1.165, 1.54) is 28.1 Å². The SMILES string of the molecule is CC(=O)N(c1nc(/C=C/c2nc(C(=O)O)cs2)cs1)C1CC1. The highest BCUT2D eigenvalue weighted by Gasteiger charge is 2.33. The largest absolute Gasteiger partial charge is 0.476 e. The molecule has 8 heteroatoms. The van der Waals surface area contributed by atoms with Gasteiger partial charge in [0, 0.05) is 23.7 Å². The van der Waals surface area contributed by atoms with Crippen molar-refractivity contribution < 1.29 is 14.7 Å². The molecule has 2 heterocycles. The van der Waals surface area contributed by atoms with Crippen molar-refractivity contribution in [3.05, 3.63) is 27.2 Å². The zero-order valence-electron chi connectivity index (χ0n) is 11.7. The van der Waals surface area contributed by atoms with E-state index in [4.69, 9.17) is 5.11 Å². The van der Waals surface area contributed by atoms with Gasteiger partial charge in [-0.2, -0.15) is 0 Å². The summed E-state index contributed by atoms with van der Waals surface area (Å²) in [6.07, 6.45) is 5.56. The van der Waals surface area contributed by atoms with Gasteiger partial charge < -0.3 is 5.11 Å². The second-order valence-electron chi connectivity index (χ2n) is 4.88. The van der Waals surface area contributed by atoms with Gasteiger partial charge in [-0.1, -0.05) is 0 Å². The predicted octanol–water partition coefficient (Wildman–Crippen LogP) is 2.98. The molecule has 1 aliphatic carbocycles. The number of aromatic nitrogens is 2. The van der Waals surface area contributed by atoms with Crippen LogP contribution in [0.3, 0.4) is 0 Å². The van der Waals surface area contributed by atoms with E-state index in [9.17, 15) is 9.59 Å². The fourth-order valence-electron chi connectivity index (χ4n) is 1.96. The number of amides is 1. The number of aromatic carboxylic acids is 1. The summed E-state index contributed by atoms with van der Waals surface area (Å²) in [7, 11) is 0. The fraction of sp³-hybridized carbons (Fsp3) is 0.286. The Morgan fingerprint density at radius 2 is 2.05 bits per heavy atom. The third kappa shape index (κ3) is 3.23. The van der Waals surface area contributed by atoms with Gasteiger partial charge in [-0.3, -0.25) is 9.69 Å². The molecule has 1 N–H and O–H groups in total. The number of thiazole rings is 2. The van der Waals surface area contributed by atoms with Crippen LogP contribution in [0.4, 0.5) is 5.13 Å². The number of nitrogens with zero attached hydrogens (tertiary/aromatic N) is 3. The summed E-state index contributed by atoms with van der Waals surface area (Å²) in [5.41, 5.74) is 0.777. The molecule has 0 atom stereocenters. The van der Waals surface area contributed by atoms with E-state index in [0.29, 0.717) is 10.1 Å². The van der Waals surface area contributed by atoms with Crippen molar-refractivity contribution in [2.45, 2.75) is 25.8 Å². The van der Waals surface area contributed by atoms with Crippen molar-refractivity contribution >= 4 is 51.8 Å². The van der Waals surface area contributed by atoms with Crippen molar-refractivity contribution in [3.63, 3.8) is 0 Å². The minimum absolute atomic E-state index is 0.0124. The summed E-state index contributed by atoms with van der Waals surface area (Å²) >= 11 is 2.69. The fourth-order valence-corrected chi connectivity index (χ4v) is 3.55. The lowest BCUT2D eigenvalue weighted by atomic mass is 10.4. The smallest absolute Gasteiger partial charge is 0.355 e. The van der Waals surface area contributed by atoms with E-state index in [2.05, 4.69) is 9.97 Å². The molecule has 2 aromatic heterocycles. The first-order valence-corrected chi connectivity index (χ1v) is 8.43. The van der Waals surface area contributed by atoms with Crippen LogP contribution in [0.15, 0.2) is 10.8 Å². The third-order valence-electron chi connectivity index (χ3n) is 3.10. The van der Waals surface area contributed by atoms with Crippen molar-refractivity contribution in [1.82, 2.24) is 9.97 Å².